The van der Waals surface area contributed by atoms with Gasteiger partial charge in [0.1, 0.15) is 11.5 Å². The minimum absolute atomic E-state index is 0.0661. The van der Waals surface area contributed by atoms with Gasteiger partial charge in [-0.05, 0) is 48.7 Å². The second kappa shape index (κ2) is 9.45. The minimum atomic E-state index is -0.276. The van der Waals surface area contributed by atoms with Gasteiger partial charge in [-0.2, -0.15) is 5.10 Å². The molecule has 0 aliphatic rings. The maximum Gasteiger partial charge on any atom is 0.256 e. The number of carbonyl (C=O) groups excluding carboxylic acids is 1. The number of phenols is 1. The molecule has 0 spiro atoms. The fourth-order valence-electron chi connectivity index (χ4n) is 2.93. The van der Waals surface area contributed by atoms with Crippen molar-refractivity contribution in [2.45, 2.75) is 33.9 Å². The highest BCUT2D eigenvalue weighted by Crippen LogP contribution is 2.26. The van der Waals surface area contributed by atoms with Crippen LogP contribution in [-0.4, -0.2) is 32.5 Å². The SMILES string of the molecule is Cc1cc(NC(=O)c2ccc(CO)cc2)nn1Cc1cc(O)ccc1OCC(C)C. The fourth-order valence-corrected chi connectivity index (χ4v) is 2.93. The molecule has 0 atom stereocenters. The number of benzene rings is 2. The summed E-state index contributed by atoms with van der Waals surface area (Å²) in [5.74, 6) is 1.40. The first-order chi connectivity index (χ1) is 14.4. The topological polar surface area (TPSA) is 96.6 Å². The number of carbonyl (C=O) groups is 1. The lowest BCUT2D eigenvalue weighted by molar-refractivity contribution is 0.102. The molecule has 3 N–H and O–H groups in total. The zero-order valence-electron chi connectivity index (χ0n) is 17.4. The summed E-state index contributed by atoms with van der Waals surface area (Å²) >= 11 is 0. The van der Waals surface area contributed by atoms with Gasteiger partial charge in [-0.1, -0.05) is 26.0 Å². The normalized spacial score (nSPS) is 11.0. The van der Waals surface area contributed by atoms with E-state index in [1.54, 1.807) is 53.2 Å². The number of phenolic OH excluding ortho intramolecular Hbond substituents is 1. The Morgan fingerprint density at radius 2 is 1.90 bits per heavy atom. The monoisotopic (exact) mass is 409 g/mol. The lowest BCUT2D eigenvalue weighted by Crippen LogP contribution is -2.13. The van der Waals surface area contributed by atoms with Crippen LogP contribution in [0.15, 0.2) is 48.5 Å². The Labute approximate surface area is 175 Å². The van der Waals surface area contributed by atoms with Crippen molar-refractivity contribution in [3.8, 4) is 11.5 Å². The molecule has 1 heterocycles. The minimum Gasteiger partial charge on any atom is -0.508 e. The van der Waals surface area contributed by atoms with Crippen LogP contribution in [-0.2, 0) is 13.2 Å². The zero-order valence-corrected chi connectivity index (χ0v) is 17.4. The quantitative estimate of drug-likeness (QED) is 0.527. The molecule has 0 bridgehead atoms. The first-order valence-corrected chi connectivity index (χ1v) is 9.86. The van der Waals surface area contributed by atoms with Crippen LogP contribution >= 0.6 is 0 Å². The number of hydrogen-bond acceptors (Lipinski definition) is 5. The van der Waals surface area contributed by atoms with Gasteiger partial charge < -0.3 is 20.3 Å². The predicted octanol–water partition coefficient (Wildman–Crippen LogP) is 3.72. The highest BCUT2D eigenvalue weighted by molar-refractivity contribution is 6.03. The molecule has 3 aromatic rings. The van der Waals surface area contributed by atoms with Gasteiger partial charge in [-0.25, -0.2) is 0 Å². The van der Waals surface area contributed by atoms with E-state index in [9.17, 15) is 9.90 Å². The number of aromatic nitrogens is 2. The summed E-state index contributed by atoms with van der Waals surface area (Å²) in [4.78, 5) is 12.5. The van der Waals surface area contributed by atoms with E-state index in [1.165, 1.54) is 0 Å². The lowest BCUT2D eigenvalue weighted by Gasteiger charge is -2.14. The van der Waals surface area contributed by atoms with Crippen LogP contribution in [0.1, 0.15) is 41.0 Å². The molecule has 1 aromatic heterocycles. The maximum absolute atomic E-state index is 12.5. The highest BCUT2D eigenvalue weighted by Gasteiger charge is 2.13. The summed E-state index contributed by atoms with van der Waals surface area (Å²) in [6, 6.07) is 13.5. The molecule has 1 amide bonds. The van der Waals surface area contributed by atoms with Crippen LogP contribution in [0.2, 0.25) is 0 Å². The molecular formula is C23H27N3O4. The van der Waals surface area contributed by atoms with Crippen LogP contribution < -0.4 is 10.1 Å². The summed E-state index contributed by atoms with van der Waals surface area (Å²) in [6.07, 6.45) is 0. The molecule has 0 fully saturated rings. The largest absolute Gasteiger partial charge is 0.508 e. The smallest absolute Gasteiger partial charge is 0.256 e. The molecule has 2 aromatic carbocycles. The Hall–Kier alpha value is -3.32. The van der Waals surface area contributed by atoms with Gasteiger partial charge in [0.15, 0.2) is 5.82 Å². The van der Waals surface area contributed by atoms with E-state index in [0.29, 0.717) is 36.2 Å². The summed E-state index contributed by atoms with van der Waals surface area (Å²) in [5, 5.41) is 26.3. The second-order valence-corrected chi connectivity index (χ2v) is 7.63. The van der Waals surface area contributed by atoms with Crippen molar-refractivity contribution in [3.63, 3.8) is 0 Å². The number of anilines is 1. The summed E-state index contributed by atoms with van der Waals surface area (Å²) in [6.45, 7) is 6.95. The Morgan fingerprint density at radius 1 is 1.17 bits per heavy atom. The predicted molar refractivity (Wildman–Crippen MR) is 115 cm³/mol. The Bertz CT molecular complexity index is 1010. The molecule has 0 aliphatic heterocycles. The van der Waals surface area contributed by atoms with Crippen molar-refractivity contribution in [2.75, 3.05) is 11.9 Å². The van der Waals surface area contributed by atoms with E-state index in [2.05, 4.69) is 24.3 Å². The first kappa shape index (κ1) is 21.4. The van der Waals surface area contributed by atoms with E-state index < -0.39 is 0 Å². The van der Waals surface area contributed by atoms with E-state index in [4.69, 9.17) is 9.84 Å². The van der Waals surface area contributed by atoms with E-state index in [-0.39, 0.29) is 18.3 Å². The van der Waals surface area contributed by atoms with Crippen LogP contribution in [0, 0.1) is 12.8 Å². The number of rotatable bonds is 8. The van der Waals surface area contributed by atoms with Gasteiger partial charge in [0, 0.05) is 22.9 Å². The number of nitrogens with one attached hydrogen (secondary N) is 1. The second-order valence-electron chi connectivity index (χ2n) is 7.63. The van der Waals surface area contributed by atoms with Crippen molar-refractivity contribution < 1.29 is 19.7 Å². The average molecular weight is 409 g/mol. The molecule has 0 saturated heterocycles. The summed E-state index contributed by atoms with van der Waals surface area (Å²) < 4.78 is 7.63. The van der Waals surface area contributed by atoms with Gasteiger partial charge >= 0.3 is 0 Å². The number of ether oxygens (including phenoxy) is 1. The van der Waals surface area contributed by atoms with Gasteiger partial charge in [0.25, 0.3) is 5.91 Å². The molecule has 0 saturated carbocycles. The molecule has 158 valence electrons. The molecule has 30 heavy (non-hydrogen) atoms. The molecule has 0 radical (unpaired) electrons. The fraction of sp³-hybridized carbons (Fsp3) is 0.304. The standard InChI is InChI=1S/C23H27N3O4/c1-15(2)14-30-21-9-8-20(28)11-19(21)12-26-16(3)10-22(25-26)24-23(29)18-6-4-17(13-27)5-7-18/h4-11,15,27-28H,12-14H2,1-3H3,(H,24,25,29). The lowest BCUT2D eigenvalue weighted by atomic mass is 10.1. The summed E-state index contributed by atoms with van der Waals surface area (Å²) in [5.41, 5.74) is 2.89. The van der Waals surface area contributed by atoms with Crippen molar-refractivity contribution in [1.82, 2.24) is 9.78 Å². The van der Waals surface area contributed by atoms with Crippen LogP contribution in [0.3, 0.4) is 0 Å². The zero-order chi connectivity index (χ0) is 21.7. The maximum atomic E-state index is 12.5. The first-order valence-electron chi connectivity index (χ1n) is 9.86. The number of hydrogen-bond donors (Lipinski definition) is 3. The Morgan fingerprint density at radius 3 is 2.57 bits per heavy atom. The number of aliphatic hydroxyl groups excluding tert-OH is 1. The van der Waals surface area contributed by atoms with Gasteiger partial charge in [0.2, 0.25) is 0 Å². The van der Waals surface area contributed by atoms with Gasteiger partial charge in [-0.15, -0.1) is 0 Å². The molecular weight excluding hydrogens is 382 g/mol. The van der Waals surface area contributed by atoms with Crippen LogP contribution in [0.5, 0.6) is 11.5 Å². The molecule has 0 aliphatic carbocycles. The third-order valence-corrected chi connectivity index (χ3v) is 4.56. The third-order valence-electron chi connectivity index (χ3n) is 4.56. The number of aliphatic hydroxyl groups is 1. The van der Waals surface area contributed by atoms with Crippen molar-refractivity contribution in [2.24, 2.45) is 5.92 Å². The van der Waals surface area contributed by atoms with Crippen LogP contribution in [0.25, 0.3) is 0 Å². The molecule has 3 rings (SSSR count). The van der Waals surface area contributed by atoms with Gasteiger partial charge in [-0.3, -0.25) is 9.48 Å². The number of aromatic hydroxyl groups is 1. The van der Waals surface area contributed by atoms with Crippen molar-refractivity contribution >= 4 is 11.7 Å². The number of amides is 1. The summed E-state index contributed by atoms with van der Waals surface area (Å²) in [7, 11) is 0. The average Bonchev–Trinajstić information content (AvgIpc) is 3.06. The van der Waals surface area contributed by atoms with E-state index >= 15 is 0 Å². The van der Waals surface area contributed by atoms with Crippen LogP contribution in [0.4, 0.5) is 5.82 Å². The van der Waals surface area contributed by atoms with Crippen molar-refractivity contribution in [1.29, 1.82) is 0 Å². The van der Waals surface area contributed by atoms with E-state index in [0.717, 1.165) is 16.8 Å². The van der Waals surface area contributed by atoms with Gasteiger partial charge in [0.05, 0.1) is 19.8 Å². The number of aryl methyl sites for hydroxylation is 1. The Balaban J connectivity index is 1.75. The Kier molecular flexibility index (Phi) is 6.74. The van der Waals surface area contributed by atoms with Crippen molar-refractivity contribution in [3.05, 3.63) is 70.9 Å². The highest BCUT2D eigenvalue weighted by atomic mass is 16.5. The number of nitrogens with zero attached hydrogens (tertiary/aromatic N) is 2. The third kappa shape index (κ3) is 5.39. The molecule has 0 unspecified atom stereocenters. The van der Waals surface area contributed by atoms with E-state index in [1.807, 2.05) is 6.92 Å². The molecule has 7 heteroatoms. The molecule has 7 nitrogen and oxygen atoms in total.